The fourth-order valence-electron chi connectivity index (χ4n) is 3.67. The highest BCUT2D eigenvalue weighted by Gasteiger charge is 2.31. The maximum Gasteiger partial charge on any atom is 0.322 e. The number of aromatic nitrogens is 1. The minimum Gasteiger partial charge on any atom is -0.345 e. The molecule has 0 aliphatic carbocycles. The summed E-state index contributed by atoms with van der Waals surface area (Å²) in [5, 5.41) is 3.13. The molecular formula is C20H27N3O. The van der Waals surface area contributed by atoms with Gasteiger partial charge >= 0.3 is 6.03 Å². The molecule has 1 aliphatic rings. The van der Waals surface area contributed by atoms with Gasteiger partial charge in [0.05, 0.1) is 6.04 Å². The standard InChI is InChI=1S/C20H27N3O/c1-4-8-18-19-12-11-15(3)22(19)13-14-23(18)20(24)21-17-10-7-6-9-16(17)5-2/h6-7,9-12,18H,4-5,8,13-14H2,1-3H3,(H,21,24). The quantitative estimate of drug-likeness (QED) is 0.865. The highest BCUT2D eigenvalue weighted by molar-refractivity contribution is 5.90. The van der Waals surface area contributed by atoms with Gasteiger partial charge in [0.1, 0.15) is 0 Å². The van der Waals surface area contributed by atoms with Crippen LogP contribution in [0.2, 0.25) is 0 Å². The zero-order chi connectivity index (χ0) is 17.1. The van der Waals surface area contributed by atoms with E-state index in [2.05, 4.69) is 48.9 Å². The number of carbonyl (C=O) groups is 1. The molecule has 24 heavy (non-hydrogen) atoms. The Morgan fingerprint density at radius 1 is 1.17 bits per heavy atom. The van der Waals surface area contributed by atoms with Crippen molar-refractivity contribution < 1.29 is 4.79 Å². The lowest BCUT2D eigenvalue weighted by molar-refractivity contribution is 0.162. The number of fused-ring (bicyclic) bond motifs is 1. The number of hydrogen-bond donors (Lipinski definition) is 1. The molecule has 1 unspecified atom stereocenters. The van der Waals surface area contributed by atoms with Gasteiger partial charge in [0.2, 0.25) is 0 Å². The number of para-hydroxylation sites is 1. The average molecular weight is 325 g/mol. The molecule has 1 aromatic carbocycles. The number of benzene rings is 1. The molecule has 2 heterocycles. The summed E-state index contributed by atoms with van der Waals surface area (Å²) in [5.74, 6) is 0. The first-order chi connectivity index (χ1) is 11.7. The Labute approximate surface area is 144 Å². The van der Waals surface area contributed by atoms with Gasteiger partial charge in [0, 0.05) is 30.2 Å². The fourth-order valence-corrected chi connectivity index (χ4v) is 3.67. The molecule has 0 fully saturated rings. The Morgan fingerprint density at radius 2 is 1.96 bits per heavy atom. The van der Waals surface area contributed by atoms with Crippen molar-refractivity contribution in [3.05, 3.63) is 53.3 Å². The highest BCUT2D eigenvalue weighted by Crippen LogP contribution is 2.32. The molecule has 1 atom stereocenters. The van der Waals surface area contributed by atoms with Gasteiger partial charge in [-0.2, -0.15) is 0 Å². The number of rotatable bonds is 4. The topological polar surface area (TPSA) is 37.3 Å². The van der Waals surface area contributed by atoms with Gasteiger partial charge in [0.15, 0.2) is 0 Å². The van der Waals surface area contributed by atoms with Crippen molar-refractivity contribution in [3.63, 3.8) is 0 Å². The lowest BCUT2D eigenvalue weighted by Gasteiger charge is -2.37. The third-order valence-electron chi connectivity index (χ3n) is 4.98. The summed E-state index contributed by atoms with van der Waals surface area (Å²) in [7, 11) is 0. The minimum atomic E-state index is 0.0134. The van der Waals surface area contributed by atoms with E-state index >= 15 is 0 Å². The van der Waals surface area contributed by atoms with Gasteiger partial charge in [-0.15, -0.1) is 0 Å². The number of anilines is 1. The van der Waals surface area contributed by atoms with Crippen LogP contribution in [0.5, 0.6) is 0 Å². The van der Waals surface area contributed by atoms with Crippen LogP contribution in [0, 0.1) is 6.92 Å². The summed E-state index contributed by atoms with van der Waals surface area (Å²) in [6.07, 6.45) is 2.97. The second kappa shape index (κ2) is 7.12. The van der Waals surface area contributed by atoms with Crippen LogP contribution in [0.15, 0.2) is 36.4 Å². The summed E-state index contributed by atoms with van der Waals surface area (Å²) in [6, 6.07) is 12.6. The summed E-state index contributed by atoms with van der Waals surface area (Å²) in [6.45, 7) is 8.06. The first-order valence-corrected chi connectivity index (χ1v) is 8.97. The van der Waals surface area contributed by atoms with Gasteiger partial charge in [0.25, 0.3) is 0 Å². The lowest BCUT2D eigenvalue weighted by atomic mass is 10.0. The second-order valence-corrected chi connectivity index (χ2v) is 6.49. The number of carbonyl (C=O) groups excluding carboxylic acids is 1. The van der Waals surface area contributed by atoms with E-state index in [-0.39, 0.29) is 12.1 Å². The zero-order valence-corrected chi connectivity index (χ0v) is 14.9. The Balaban J connectivity index is 1.83. The Kier molecular flexibility index (Phi) is 4.93. The van der Waals surface area contributed by atoms with Gasteiger partial charge in [-0.1, -0.05) is 38.5 Å². The average Bonchev–Trinajstić information content (AvgIpc) is 2.97. The van der Waals surface area contributed by atoms with E-state index in [1.54, 1.807) is 0 Å². The second-order valence-electron chi connectivity index (χ2n) is 6.49. The van der Waals surface area contributed by atoms with Crippen molar-refractivity contribution in [2.75, 3.05) is 11.9 Å². The molecule has 2 aromatic rings. The van der Waals surface area contributed by atoms with E-state index < -0.39 is 0 Å². The molecule has 0 radical (unpaired) electrons. The number of nitrogens with zero attached hydrogens (tertiary/aromatic N) is 2. The summed E-state index contributed by atoms with van der Waals surface area (Å²) >= 11 is 0. The predicted molar refractivity (Wildman–Crippen MR) is 98.4 cm³/mol. The third kappa shape index (κ3) is 3.05. The van der Waals surface area contributed by atoms with Crippen molar-refractivity contribution in [3.8, 4) is 0 Å². The Hall–Kier alpha value is -2.23. The van der Waals surface area contributed by atoms with Gasteiger partial charge in [-0.05, 0) is 43.5 Å². The van der Waals surface area contributed by atoms with Crippen molar-refractivity contribution in [2.45, 2.75) is 52.6 Å². The molecule has 1 aromatic heterocycles. The molecule has 4 nitrogen and oxygen atoms in total. The molecule has 4 heteroatoms. The first kappa shape index (κ1) is 16.6. The van der Waals surface area contributed by atoms with E-state index in [1.165, 1.54) is 17.0 Å². The molecule has 1 N–H and O–H groups in total. The third-order valence-corrected chi connectivity index (χ3v) is 4.98. The van der Waals surface area contributed by atoms with Crippen LogP contribution in [0.3, 0.4) is 0 Å². The van der Waals surface area contributed by atoms with E-state index in [4.69, 9.17) is 0 Å². The zero-order valence-electron chi connectivity index (χ0n) is 14.9. The largest absolute Gasteiger partial charge is 0.345 e. The number of nitrogens with one attached hydrogen (secondary N) is 1. The molecule has 2 amide bonds. The molecular weight excluding hydrogens is 298 g/mol. The van der Waals surface area contributed by atoms with Crippen LogP contribution >= 0.6 is 0 Å². The van der Waals surface area contributed by atoms with Crippen LogP contribution in [-0.2, 0) is 13.0 Å². The number of hydrogen-bond acceptors (Lipinski definition) is 1. The summed E-state index contributed by atoms with van der Waals surface area (Å²) < 4.78 is 2.35. The van der Waals surface area contributed by atoms with Crippen LogP contribution in [0.25, 0.3) is 0 Å². The Morgan fingerprint density at radius 3 is 2.71 bits per heavy atom. The molecule has 0 saturated carbocycles. The van der Waals surface area contributed by atoms with E-state index in [0.717, 1.165) is 38.0 Å². The Bertz CT molecular complexity index is 719. The van der Waals surface area contributed by atoms with E-state index in [9.17, 15) is 4.79 Å². The summed E-state index contributed by atoms with van der Waals surface area (Å²) in [4.78, 5) is 14.9. The smallest absolute Gasteiger partial charge is 0.322 e. The molecule has 0 bridgehead atoms. The fraction of sp³-hybridized carbons (Fsp3) is 0.450. The molecule has 0 spiro atoms. The highest BCUT2D eigenvalue weighted by atomic mass is 16.2. The monoisotopic (exact) mass is 325 g/mol. The predicted octanol–water partition coefficient (Wildman–Crippen LogP) is 4.75. The maximum absolute atomic E-state index is 12.9. The first-order valence-electron chi connectivity index (χ1n) is 8.97. The number of urea groups is 1. The number of aryl methyl sites for hydroxylation is 2. The van der Waals surface area contributed by atoms with Gasteiger partial charge in [-0.3, -0.25) is 0 Å². The molecule has 3 rings (SSSR count). The van der Waals surface area contributed by atoms with E-state index in [1.807, 2.05) is 23.1 Å². The minimum absolute atomic E-state index is 0.0134. The van der Waals surface area contributed by atoms with Crippen molar-refractivity contribution in [1.82, 2.24) is 9.47 Å². The maximum atomic E-state index is 12.9. The number of amides is 2. The molecule has 0 saturated heterocycles. The van der Waals surface area contributed by atoms with Crippen LogP contribution < -0.4 is 5.32 Å². The SMILES string of the molecule is CCCC1c2ccc(C)n2CCN1C(=O)Nc1ccccc1CC. The van der Waals surface area contributed by atoms with Crippen LogP contribution in [0.4, 0.5) is 10.5 Å². The molecule has 1 aliphatic heterocycles. The van der Waals surface area contributed by atoms with Crippen molar-refractivity contribution in [1.29, 1.82) is 0 Å². The van der Waals surface area contributed by atoms with E-state index in [0.29, 0.717) is 0 Å². The molecule has 128 valence electrons. The summed E-state index contributed by atoms with van der Waals surface area (Å²) in [5.41, 5.74) is 4.65. The lowest BCUT2D eigenvalue weighted by Crippen LogP contribution is -2.44. The van der Waals surface area contributed by atoms with Crippen LogP contribution in [0.1, 0.15) is 49.7 Å². The normalized spacial score (nSPS) is 16.8. The van der Waals surface area contributed by atoms with Crippen molar-refractivity contribution in [2.24, 2.45) is 0 Å². The van der Waals surface area contributed by atoms with Gasteiger partial charge < -0.3 is 14.8 Å². The van der Waals surface area contributed by atoms with Gasteiger partial charge in [-0.25, -0.2) is 4.79 Å². The van der Waals surface area contributed by atoms with Crippen molar-refractivity contribution >= 4 is 11.7 Å². The van der Waals surface area contributed by atoms with Crippen LogP contribution in [-0.4, -0.2) is 22.0 Å².